The van der Waals surface area contributed by atoms with Crippen molar-refractivity contribution >= 4 is 0 Å². The summed E-state index contributed by atoms with van der Waals surface area (Å²) in [6, 6.07) is 3.83. The lowest BCUT2D eigenvalue weighted by atomic mass is 9.96. The van der Waals surface area contributed by atoms with Crippen LogP contribution in [0.25, 0.3) is 0 Å². The molecule has 0 spiro atoms. The van der Waals surface area contributed by atoms with Crippen LogP contribution in [-0.4, -0.2) is 6.54 Å². The van der Waals surface area contributed by atoms with Gasteiger partial charge in [0.25, 0.3) is 0 Å². The normalized spacial score (nSPS) is 26.8. The zero-order valence-corrected chi connectivity index (χ0v) is 8.06. The van der Waals surface area contributed by atoms with Gasteiger partial charge in [-0.15, -0.1) is 0 Å². The van der Waals surface area contributed by atoms with Crippen molar-refractivity contribution in [3.63, 3.8) is 0 Å². The maximum Gasteiger partial charge on any atom is 0.130 e. The van der Waals surface area contributed by atoms with Gasteiger partial charge in [0.15, 0.2) is 0 Å². The van der Waals surface area contributed by atoms with Crippen molar-refractivity contribution in [1.29, 1.82) is 0 Å². The Labute approximate surface area is 82.1 Å². The van der Waals surface area contributed by atoms with E-state index in [4.69, 9.17) is 0 Å². The predicted molar refractivity (Wildman–Crippen MR) is 50.9 cm³/mol. The number of halogens is 2. The lowest BCUT2D eigenvalue weighted by Crippen LogP contribution is -2.17. The van der Waals surface area contributed by atoms with E-state index in [-0.39, 0.29) is 6.04 Å². The molecular formula is C11H13F2N. The lowest BCUT2D eigenvalue weighted by Gasteiger charge is -2.16. The molecule has 0 unspecified atom stereocenters. The molecule has 1 heterocycles. The van der Waals surface area contributed by atoms with Crippen LogP contribution < -0.4 is 5.32 Å². The molecule has 0 bridgehead atoms. The van der Waals surface area contributed by atoms with E-state index in [0.717, 1.165) is 19.0 Å². The summed E-state index contributed by atoms with van der Waals surface area (Å²) < 4.78 is 26.1. The monoisotopic (exact) mass is 197 g/mol. The Hall–Kier alpha value is -0.960. The van der Waals surface area contributed by atoms with Crippen molar-refractivity contribution < 1.29 is 8.78 Å². The fraction of sp³-hybridized carbons (Fsp3) is 0.455. The van der Waals surface area contributed by atoms with Crippen molar-refractivity contribution in [2.45, 2.75) is 19.4 Å². The molecule has 1 fully saturated rings. The largest absolute Gasteiger partial charge is 0.310 e. The Kier molecular flexibility index (Phi) is 2.50. The van der Waals surface area contributed by atoms with Gasteiger partial charge in [-0.25, -0.2) is 8.78 Å². The zero-order chi connectivity index (χ0) is 10.1. The lowest BCUT2D eigenvalue weighted by molar-refractivity contribution is 0.471. The average molecular weight is 197 g/mol. The fourth-order valence-electron chi connectivity index (χ4n) is 2.00. The Balaban J connectivity index is 2.31. The van der Waals surface area contributed by atoms with Gasteiger partial charge >= 0.3 is 0 Å². The zero-order valence-electron chi connectivity index (χ0n) is 8.06. The maximum atomic E-state index is 13.4. The number of nitrogens with one attached hydrogen (secondary N) is 1. The molecule has 0 amide bonds. The second kappa shape index (κ2) is 3.65. The van der Waals surface area contributed by atoms with Crippen molar-refractivity contribution in [3.05, 3.63) is 35.4 Å². The third-order valence-corrected chi connectivity index (χ3v) is 2.83. The van der Waals surface area contributed by atoms with E-state index >= 15 is 0 Å². The van der Waals surface area contributed by atoms with Crippen LogP contribution in [0.5, 0.6) is 0 Å². The van der Waals surface area contributed by atoms with Crippen LogP contribution in [0.2, 0.25) is 0 Å². The maximum absolute atomic E-state index is 13.4. The summed E-state index contributed by atoms with van der Waals surface area (Å²) in [6.07, 6.45) is 1.04. The standard InChI is InChI=1S/C11H13F2N/c1-7-4-5-14-11(7)9-3-2-8(12)6-10(9)13/h2-3,6-7,11,14H,4-5H2,1H3/t7-,11-/m1/s1. The molecule has 1 aliphatic heterocycles. The minimum absolute atomic E-state index is 0.0376. The summed E-state index contributed by atoms with van der Waals surface area (Å²) in [5.74, 6) is -0.553. The summed E-state index contributed by atoms with van der Waals surface area (Å²) in [5, 5.41) is 3.22. The number of benzene rings is 1. The molecule has 0 aliphatic carbocycles. The number of hydrogen-bond acceptors (Lipinski definition) is 1. The Morgan fingerprint density at radius 2 is 2.14 bits per heavy atom. The minimum Gasteiger partial charge on any atom is -0.310 e. The number of rotatable bonds is 1. The molecular weight excluding hydrogens is 184 g/mol. The molecule has 1 aromatic rings. The van der Waals surface area contributed by atoms with Gasteiger partial charge < -0.3 is 5.32 Å². The molecule has 2 atom stereocenters. The van der Waals surface area contributed by atoms with Crippen molar-refractivity contribution in [2.24, 2.45) is 5.92 Å². The highest BCUT2D eigenvalue weighted by atomic mass is 19.1. The first-order chi connectivity index (χ1) is 6.68. The highest BCUT2D eigenvalue weighted by Gasteiger charge is 2.26. The molecule has 1 saturated heterocycles. The van der Waals surface area contributed by atoms with Crippen molar-refractivity contribution in [2.75, 3.05) is 6.54 Å². The Morgan fingerprint density at radius 3 is 2.71 bits per heavy atom. The van der Waals surface area contributed by atoms with Gasteiger partial charge in [-0.2, -0.15) is 0 Å². The van der Waals surface area contributed by atoms with Gasteiger partial charge in [-0.3, -0.25) is 0 Å². The molecule has 0 saturated carbocycles. The van der Waals surface area contributed by atoms with Gasteiger partial charge in [0.05, 0.1) is 0 Å². The third-order valence-electron chi connectivity index (χ3n) is 2.83. The predicted octanol–water partition coefficient (Wildman–Crippen LogP) is 2.64. The van der Waals surface area contributed by atoms with Gasteiger partial charge in [-0.1, -0.05) is 13.0 Å². The molecule has 2 rings (SSSR count). The van der Waals surface area contributed by atoms with E-state index < -0.39 is 11.6 Å². The molecule has 1 aliphatic rings. The summed E-state index contributed by atoms with van der Waals surface area (Å²) in [4.78, 5) is 0. The third kappa shape index (κ3) is 1.64. The smallest absolute Gasteiger partial charge is 0.130 e. The van der Waals surface area contributed by atoms with Crippen molar-refractivity contribution in [1.82, 2.24) is 5.32 Å². The van der Waals surface area contributed by atoms with E-state index in [9.17, 15) is 8.78 Å². The molecule has 76 valence electrons. The summed E-state index contributed by atoms with van der Waals surface area (Å²) in [6.45, 7) is 2.98. The highest BCUT2D eigenvalue weighted by molar-refractivity contribution is 5.23. The molecule has 14 heavy (non-hydrogen) atoms. The quantitative estimate of drug-likeness (QED) is 0.729. The van der Waals surface area contributed by atoms with E-state index in [1.165, 1.54) is 12.1 Å². The van der Waals surface area contributed by atoms with E-state index in [1.807, 2.05) is 0 Å². The van der Waals surface area contributed by atoms with Crippen LogP contribution in [0, 0.1) is 17.6 Å². The van der Waals surface area contributed by atoms with Crippen LogP contribution in [0.3, 0.4) is 0 Å². The second-order valence-electron chi connectivity index (χ2n) is 3.86. The van der Waals surface area contributed by atoms with E-state index in [1.54, 1.807) is 0 Å². The highest BCUT2D eigenvalue weighted by Crippen LogP contribution is 2.30. The fourth-order valence-corrected chi connectivity index (χ4v) is 2.00. The topological polar surface area (TPSA) is 12.0 Å². The van der Waals surface area contributed by atoms with Gasteiger partial charge in [0.1, 0.15) is 11.6 Å². The van der Waals surface area contributed by atoms with E-state index in [2.05, 4.69) is 12.2 Å². The van der Waals surface area contributed by atoms with Gasteiger partial charge in [0.2, 0.25) is 0 Å². The minimum atomic E-state index is -0.517. The first-order valence-corrected chi connectivity index (χ1v) is 4.87. The van der Waals surface area contributed by atoms with Crippen LogP contribution in [0.1, 0.15) is 24.9 Å². The van der Waals surface area contributed by atoms with E-state index in [0.29, 0.717) is 11.5 Å². The van der Waals surface area contributed by atoms with Crippen LogP contribution >= 0.6 is 0 Å². The molecule has 1 N–H and O–H groups in total. The molecule has 0 radical (unpaired) electrons. The average Bonchev–Trinajstić information content (AvgIpc) is 2.52. The van der Waals surface area contributed by atoms with Crippen molar-refractivity contribution in [3.8, 4) is 0 Å². The SMILES string of the molecule is C[C@@H]1CCN[C@H]1c1ccc(F)cc1F. The summed E-state index contributed by atoms with van der Waals surface area (Å²) in [7, 11) is 0. The Bertz CT molecular complexity index is 338. The summed E-state index contributed by atoms with van der Waals surface area (Å²) in [5.41, 5.74) is 0.580. The molecule has 1 nitrogen and oxygen atoms in total. The van der Waals surface area contributed by atoms with Gasteiger partial charge in [-0.05, 0) is 24.9 Å². The number of hydrogen-bond donors (Lipinski definition) is 1. The second-order valence-corrected chi connectivity index (χ2v) is 3.86. The first-order valence-electron chi connectivity index (χ1n) is 4.87. The van der Waals surface area contributed by atoms with Crippen LogP contribution in [-0.2, 0) is 0 Å². The Morgan fingerprint density at radius 1 is 1.36 bits per heavy atom. The van der Waals surface area contributed by atoms with Crippen LogP contribution in [0.15, 0.2) is 18.2 Å². The first kappa shape index (κ1) is 9.59. The van der Waals surface area contributed by atoms with Gasteiger partial charge in [0, 0.05) is 17.7 Å². The van der Waals surface area contributed by atoms with Crippen LogP contribution in [0.4, 0.5) is 8.78 Å². The molecule has 3 heteroatoms. The molecule has 1 aromatic carbocycles. The summed E-state index contributed by atoms with van der Waals surface area (Å²) >= 11 is 0. The molecule has 0 aromatic heterocycles.